The number of hydrogen-bond acceptors (Lipinski definition) is 6. The molecule has 8 heteroatoms. The molecule has 0 saturated carbocycles. The minimum atomic E-state index is -1.33. The fraction of sp³-hybridized carbons (Fsp3) is 0.233. The van der Waals surface area contributed by atoms with Crippen LogP contribution in [0.3, 0.4) is 0 Å². The topological polar surface area (TPSA) is 98.8 Å². The number of fused-ring (bicyclic) bond motifs is 1. The van der Waals surface area contributed by atoms with Crippen molar-refractivity contribution >= 4 is 29.0 Å². The number of para-hydroxylation sites is 2. The van der Waals surface area contributed by atoms with Crippen molar-refractivity contribution in [3.8, 4) is 5.75 Å². The minimum Gasteiger partial charge on any atom is -0.550 e. The van der Waals surface area contributed by atoms with E-state index in [9.17, 15) is 23.9 Å². The van der Waals surface area contributed by atoms with Crippen molar-refractivity contribution < 1.29 is 28.6 Å². The highest BCUT2D eigenvalue weighted by molar-refractivity contribution is 6.06. The van der Waals surface area contributed by atoms with Gasteiger partial charge >= 0.3 is 0 Å². The molecule has 7 nitrogen and oxygen atoms in total. The highest BCUT2D eigenvalue weighted by atomic mass is 19.1. The summed E-state index contributed by atoms with van der Waals surface area (Å²) in [6.45, 7) is 0. The van der Waals surface area contributed by atoms with Crippen LogP contribution in [-0.4, -0.2) is 24.8 Å². The lowest BCUT2D eigenvalue weighted by Crippen LogP contribution is -2.39. The number of amides is 1. The number of ketones is 1. The van der Waals surface area contributed by atoms with E-state index in [1.807, 2.05) is 18.2 Å². The zero-order valence-electron chi connectivity index (χ0n) is 20.8. The third-order valence-electron chi connectivity index (χ3n) is 7.05. The molecule has 1 N–H and O–H groups in total. The first-order valence-electron chi connectivity index (χ1n) is 12.4. The molecule has 0 spiro atoms. The molecule has 3 aromatic rings. The van der Waals surface area contributed by atoms with E-state index < -0.39 is 24.3 Å². The summed E-state index contributed by atoms with van der Waals surface area (Å²) in [6.07, 6.45) is -0.0684. The molecule has 1 aliphatic carbocycles. The Bertz CT molecular complexity index is 1430. The number of Topliss-reactive ketones (excluding diaryl/α,β-unsaturated/α-hetero) is 1. The molecule has 1 aliphatic heterocycles. The molecule has 0 fully saturated rings. The lowest BCUT2D eigenvalue weighted by Gasteiger charge is -2.35. The number of ether oxygens (including phenoxy) is 1. The number of aliphatic carboxylic acids is 1. The van der Waals surface area contributed by atoms with Crippen molar-refractivity contribution in [3.63, 3.8) is 0 Å². The van der Waals surface area contributed by atoms with E-state index in [1.165, 1.54) is 24.1 Å². The van der Waals surface area contributed by atoms with Gasteiger partial charge in [0.2, 0.25) is 5.91 Å². The number of rotatable bonds is 6. The number of anilines is 2. The zero-order chi connectivity index (χ0) is 26.8. The monoisotopic (exact) mass is 513 g/mol. The summed E-state index contributed by atoms with van der Waals surface area (Å²) in [6, 6.07) is 19.7. The SMILES string of the molecule is COc1cccc(C2C3=C(CC(c4ccc(F)cc4)CC3=O)Nc3ccccc3N2C(=O)CCC(=O)[O-])c1. The van der Waals surface area contributed by atoms with Gasteiger partial charge in [0, 0.05) is 30.1 Å². The van der Waals surface area contributed by atoms with E-state index in [0.717, 1.165) is 5.56 Å². The largest absolute Gasteiger partial charge is 0.550 e. The number of carbonyl (C=O) groups excluding carboxylic acids is 3. The number of allylic oxidation sites excluding steroid dienone is 1. The Morgan fingerprint density at radius 3 is 2.50 bits per heavy atom. The number of nitrogens with zero attached hydrogens (tertiary/aromatic N) is 1. The van der Waals surface area contributed by atoms with E-state index in [0.29, 0.717) is 40.4 Å². The normalized spacial score (nSPS) is 18.7. The average Bonchev–Trinajstić information content (AvgIpc) is 3.07. The second-order valence-corrected chi connectivity index (χ2v) is 9.43. The number of nitrogens with one attached hydrogen (secondary N) is 1. The number of benzene rings is 3. The number of hydrogen-bond donors (Lipinski definition) is 1. The van der Waals surface area contributed by atoms with Gasteiger partial charge in [0.05, 0.1) is 24.5 Å². The Hall–Kier alpha value is -4.46. The number of carboxylic acid groups (broad SMARTS) is 1. The van der Waals surface area contributed by atoms with Gasteiger partial charge in [0.25, 0.3) is 0 Å². The number of carboxylic acids is 1. The highest BCUT2D eigenvalue weighted by Crippen LogP contribution is 2.48. The first kappa shape index (κ1) is 25.2. The van der Waals surface area contributed by atoms with E-state index in [2.05, 4.69) is 5.32 Å². The fourth-order valence-electron chi connectivity index (χ4n) is 5.29. The van der Waals surface area contributed by atoms with Crippen molar-refractivity contribution in [2.45, 2.75) is 37.6 Å². The lowest BCUT2D eigenvalue weighted by atomic mass is 9.78. The molecule has 194 valence electrons. The van der Waals surface area contributed by atoms with Gasteiger partial charge < -0.3 is 20.0 Å². The van der Waals surface area contributed by atoms with Crippen LogP contribution in [-0.2, 0) is 14.4 Å². The van der Waals surface area contributed by atoms with Crippen molar-refractivity contribution in [1.29, 1.82) is 0 Å². The summed E-state index contributed by atoms with van der Waals surface area (Å²) < 4.78 is 19.0. The van der Waals surface area contributed by atoms with E-state index >= 15 is 0 Å². The highest BCUT2D eigenvalue weighted by Gasteiger charge is 2.41. The smallest absolute Gasteiger partial charge is 0.228 e. The fourth-order valence-corrected chi connectivity index (χ4v) is 5.29. The maximum absolute atomic E-state index is 13.9. The minimum absolute atomic E-state index is 0.147. The van der Waals surface area contributed by atoms with Gasteiger partial charge in [-0.1, -0.05) is 36.4 Å². The zero-order valence-corrected chi connectivity index (χ0v) is 20.8. The molecule has 0 bridgehead atoms. The maximum Gasteiger partial charge on any atom is 0.228 e. The molecule has 3 aromatic carbocycles. The van der Waals surface area contributed by atoms with Gasteiger partial charge in [0.15, 0.2) is 5.78 Å². The summed E-state index contributed by atoms with van der Waals surface area (Å²) in [5.41, 5.74) is 3.78. The van der Waals surface area contributed by atoms with Gasteiger partial charge in [-0.3, -0.25) is 14.5 Å². The van der Waals surface area contributed by atoms with Gasteiger partial charge in [-0.15, -0.1) is 0 Å². The predicted molar refractivity (Wildman–Crippen MR) is 138 cm³/mol. The molecule has 0 saturated heterocycles. The summed E-state index contributed by atoms with van der Waals surface area (Å²) in [5.74, 6) is -1.88. The van der Waals surface area contributed by atoms with Crippen LogP contribution in [0.25, 0.3) is 0 Å². The van der Waals surface area contributed by atoms with E-state index in [1.54, 1.807) is 42.5 Å². The van der Waals surface area contributed by atoms with Crippen LogP contribution in [0, 0.1) is 5.82 Å². The predicted octanol–water partition coefficient (Wildman–Crippen LogP) is 4.27. The molecule has 2 atom stereocenters. The quantitative estimate of drug-likeness (QED) is 0.529. The van der Waals surface area contributed by atoms with Crippen LogP contribution in [0.5, 0.6) is 5.75 Å². The van der Waals surface area contributed by atoms with Crippen LogP contribution >= 0.6 is 0 Å². The molecule has 2 aliphatic rings. The standard InChI is InChI=1S/C30H27FN2O5/c1-38-22-6-4-5-19(15-22)30-29-24(16-20(17-26(29)34)18-9-11-21(31)12-10-18)32-23-7-2-3-8-25(23)33(30)27(35)13-14-28(36)37/h2-12,15,20,30,32H,13-14,16-17H2,1H3,(H,36,37)/p-1. The molecule has 0 radical (unpaired) electrons. The van der Waals surface area contributed by atoms with Crippen LogP contribution in [0.15, 0.2) is 84.1 Å². The summed E-state index contributed by atoms with van der Waals surface area (Å²) in [4.78, 5) is 40.3. The van der Waals surface area contributed by atoms with Crippen LogP contribution < -0.4 is 20.1 Å². The van der Waals surface area contributed by atoms with Gasteiger partial charge in [-0.2, -0.15) is 0 Å². The molecular weight excluding hydrogens is 487 g/mol. The number of methoxy groups -OCH3 is 1. The maximum atomic E-state index is 13.9. The third-order valence-corrected chi connectivity index (χ3v) is 7.05. The van der Waals surface area contributed by atoms with Gasteiger partial charge in [-0.05, 0) is 66.3 Å². The molecule has 38 heavy (non-hydrogen) atoms. The molecular formula is C30H26FN2O5-. The Morgan fingerprint density at radius 2 is 1.76 bits per heavy atom. The molecule has 5 rings (SSSR count). The van der Waals surface area contributed by atoms with Crippen LogP contribution in [0.2, 0.25) is 0 Å². The first-order chi connectivity index (χ1) is 18.4. The molecule has 1 amide bonds. The summed E-state index contributed by atoms with van der Waals surface area (Å²) in [5, 5.41) is 14.6. The average molecular weight is 514 g/mol. The van der Waals surface area contributed by atoms with E-state index in [-0.39, 0.29) is 30.4 Å². The molecule has 0 aromatic heterocycles. The summed E-state index contributed by atoms with van der Waals surface area (Å²) in [7, 11) is 1.54. The van der Waals surface area contributed by atoms with Crippen molar-refractivity contribution in [2.24, 2.45) is 0 Å². The number of carbonyl (C=O) groups is 3. The Labute approximate surface area is 219 Å². The van der Waals surface area contributed by atoms with Gasteiger partial charge in [-0.25, -0.2) is 4.39 Å². The summed E-state index contributed by atoms with van der Waals surface area (Å²) >= 11 is 0. The Morgan fingerprint density at radius 1 is 1.00 bits per heavy atom. The van der Waals surface area contributed by atoms with Crippen molar-refractivity contribution in [2.75, 3.05) is 17.3 Å². The van der Waals surface area contributed by atoms with Gasteiger partial charge in [0.1, 0.15) is 11.6 Å². The molecule has 1 heterocycles. The Balaban J connectivity index is 1.68. The van der Waals surface area contributed by atoms with E-state index in [4.69, 9.17) is 4.74 Å². The van der Waals surface area contributed by atoms with Crippen molar-refractivity contribution in [3.05, 3.63) is 101 Å². The van der Waals surface area contributed by atoms with Crippen molar-refractivity contribution in [1.82, 2.24) is 0 Å². The first-order valence-corrected chi connectivity index (χ1v) is 12.4. The number of halogens is 1. The second-order valence-electron chi connectivity index (χ2n) is 9.43. The third kappa shape index (κ3) is 4.89. The Kier molecular flexibility index (Phi) is 6.96. The second kappa shape index (κ2) is 10.5. The van der Waals surface area contributed by atoms with Crippen LogP contribution in [0.1, 0.15) is 48.8 Å². The molecule has 2 unspecified atom stereocenters. The van der Waals surface area contributed by atoms with Crippen LogP contribution in [0.4, 0.5) is 15.8 Å². The lowest BCUT2D eigenvalue weighted by molar-refractivity contribution is -0.305.